The number of ether oxygens (including phenoxy) is 1. The van der Waals surface area contributed by atoms with Crippen LogP contribution in [0.2, 0.25) is 0 Å². The van der Waals surface area contributed by atoms with E-state index < -0.39 is 0 Å². The first kappa shape index (κ1) is 20.3. The van der Waals surface area contributed by atoms with Crippen LogP contribution < -0.4 is 15.6 Å². The summed E-state index contributed by atoms with van der Waals surface area (Å²) in [6, 6.07) is 24.3. The van der Waals surface area contributed by atoms with E-state index in [9.17, 15) is 9.59 Å². The Morgan fingerprint density at radius 1 is 0.969 bits per heavy atom. The second kappa shape index (κ2) is 8.88. The number of carbonyl (C=O) groups is 1. The number of fused-ring (bicyclic) bond motifs is 1. The molecule has 0 bridgehead atoms. The van der Waals surface area contributed by atoms with Crippen LogP contribution in [-0.4, -0.2) is 27.3 Å². The Hall–Kier alpha value is -3.58. The maximum atomic E-state index is 13.3. The van der Waals surface area contributed by atoms with Crippen molar-refractivity contribution in [3.05, 3.63) is 89.2 Å². The van der Waals surface area contributed by atoms with Crippen molar-refractivity contribution in [3.8, 4) is 17.2 Å². The molecule has 0 aliphatic heterocycles. The van der Waals surface area contributed by atoms with Gasteiger partial charge in [-0.3, -0.25) is 14.2 Å². The van der Waals surface area contributed by atoms with Gasteiger partial charge in [-0.15, -0.1) is 0 Å². The molecular weight excluding hydrogens is 422 g/mol. The Bertz CT molecular complexity index is 1320. The van der Waals surface area contributed by atoms with Crippen LogP contribution in [0.25, 0.3) is 16.6 Å². The standard InChI is InChI=1S/C25H21N3O3S/c29-23(26-17-10-11-17)16-32-25-27-22-9-5-4-8-21(22)24(30)28(25)18-12-14-20(15-13-18)31-19-6-2-1-3-7-19/h1-9,12-15,17H,10-11,16H2,(H,26,29). The lowest BCUT2D eigenvalue weighted by atomic mass is 10.2. The summed E-state index contributed by atoms with van der Waals surface area (Å²) >= 11 is 1.26. The number of carbonyl (C=O) groups excluding carboxylic acids is 1. The Balaban J connectivity index is 1.47. The van der Waals surface area contributed by atoms with Crippen molar-refractivity contribution in [3.63, 3.8) is 0 Å². The number of thioether (sulfide) groups is 1. The Morgan fingerprint density at radius 2 is 1.66 bits per heavy atom. The summed E-state index contributed by atoms with van der Waals surface area (Å²) < 4.78 is 7.42. The normalized spacial score (nSPS) is 13.1. The molecule has 1 aliphatic carbocycles. The van der Waals surface area contributed by atoms with E-state index in [1.54, 1.807) is 10.6 Å². The van der Waals surface area contributed by atoms with Gasteiger partial charge in [-0.1, -0.05) is 42.1 Å². The van der Waals surface area contributed by atoms with Crippen LogP contribution in [0.4, 0.5) is 0 Å². The first-order valence-corrected chi connectivity index (χ1v) is 11.4. The number of para-hydroxylation sites is 2. The molecule has 1 N–H and O–H groups in total. The lowest BCUT2D eigenvalue weighted by molar-refractivity contribution is -0.118. The molecule has 32 heavy (non-hydrogen) atoms. The molecule has 0 atom stereocenters. The number of amides is 1. The monoisotopic (exact) mass is 443 g/mol. The zero-order chi connectivity index (χ0) is 21.9. The van der Waals surface area contributed by atoms with Gasteiger partial charge in [0.05, 0.1) is 22.3 Å². The quantitative estimate of drug-likeness (QED) is 0.335. The van der Waals surface area contributed by atoms with Crippen molar-refractivity contribution in [2.45, 2.75) is 24.0 Å². The van der Waals surface area contributed by atoms with Gasteiger partial charge >= 0.3 is 0 Å². The molecule has 3 aromatic carbocycles. The van der Waals surface area contributed by atoms with Gasteiger partial charge in [-0.05, 0) is 61.4 Å². The van der Waals surface area contributed by atoms with Crippen LogP contribution in [-0.2, 0) is 4.79 Å². The van der Waals surface area contributed by atoms with E-state index in [1.165, 1.54) is 11.8 Å². The van der Waals surface area contributed by atoms with Crippen molar-refractivity contribution in [1.29, 1.82) is 0 Å². The van der Waals surface area contributed by atoms with Crippen molar-refractivity contribution in [1.82, 2.24) is 14.9 Å². The lowest BCUT2D eigenvalue weighted by Crippen LogP contribution is -2.28. The van der Waals surface area contributed by atoms with E-state index in [1.807, 2.05) is 72.8 Å². The molecule has 1 aliphatic rings. The number of benzene rings is 3. The van der Waals surface area contributed by atoms with E-state index in [0.717, 1.165) is 18.6 Å². The molecule has 1 saturated carbocycles. The van der Waals surface area contributed by atoms with Crippen molar-refractivity contribution in [2.75, 3.05) is 5.75 Å². The molecule has 160 valence electrons. The van der Waals surface area contributed by atoms with E-state index in [0.29, 0.717) is 33.5 Å². The fourth-order valence-electron chi connectivity index (χ4n) is 3.35. The fraction of sp³-hybridized carbons (Fsp3) is 0.160. The third-order valence-corrected chi connectivity index (χ3v) is 6.03. The summed E-state index contributed by atoms with van der Waals surface area (Å²) in [5, 5.41) is 3.99. The highest BCUT2D eigenvalue weighted by atomic mass is 32.2. The number of hydrogen-bond donors (Lipinski definition) is 1. The highest BCUT2D eigenvalue weighted by molar-refractivity contribution is 7.99. The topological polar surface area (TPSA) is 73.2 Å². The van der Waals surface area contributed by atoms with Crippen LogP contribution in [0.1, 0.15) is 12.8 Å². The highest BCUT2D eigenvalue weighted by Gasteiger charge is 2.23. The van der Waals surface area contributed by atoms with E-state index in [4.69, 9.17) is 4.74 Å². The summed E-state index contributed by atoms with van der Waals surface area (Å²) in [5.41, 5.74) is 1.11. The van der Waals surface area contributed by atoms with Crippen molar-refractivity contribution >= 4 is 28.6 Å². The van der Waals surface area contributed by atoms with Gasteiger partial charge in [0.1, 0.15) is 11.5 Å². The molecule has 1 aromatic heterocycles. The minimum atomic E-state index is -0.169. The molecule has 7 heteroatoms. The first-order chi connectivity index (χ1) is 15.7. The van der Waals surface area contributed by atoms with Crippen LogP contribution in [0.15, 0.2) is 88.8 Å². The molecule has 0 spiro atoms. The molecule has 0 saturated heterocycles. The molecule has 0 unspecified atom stereocenters. The van der Waals surface area contributed by atoms with Gasteiger partial charge in [-0.25, -0.2) is 4.98 Å². The zero-order valence-corrected chi connectivity index (χ0v) is 18.0. The fourth-order valence-corrected chi connectivity index (χ4v) is 4.18. The second-order valence-electron chi connectivity index (χ2n) is 7.59. The Labute approximate surface area is 189 Å². The third-order valence-electron chi connectivity index (χ3n) is 5.09. The average Bonchev–Trinajstić information content (AvgIpc) is 3.63. The highest BCUT2D eigenvalue weighted by Crippen LogP contribution is 2.25. The summed E-state index contributed by atoms with van der Waals surface area (Å²) in [6.45, 7) is 0. The maximum Gasteiger partial charge on any atom is 0.266 e. The van der Waals surface area contributed by atoms with Crippen molar-refractivity contribution in [2.24, 2.45) is 0 Å². The van der Waals surface area contributed by atoms with Crippen molar-refractivity contribution < 1.29 is 9.53 Å². The smallest absolute Gasteiger partial charge is 0.266 e. The van der Waals surface area contributed by atoms with Gasteiger partial charge in [0, 0.05) is 6.04 Å². The van der Waals surface area contributed by atoms with Gasteiger partial charge < -0.3 is 10.1 Å². The molecule has 1 amide bonds. The van der Waals surface area contributed by atoms with E-state index in [2.05, 4.69) is 10.3 Å². The van der Waals surface area contributed by atoms with Gasteiger partial charge in [0.25, 0.3) is 5.56 Å². The largest absolute Gasteiger partial charge is 0.457 e. The number of nitrogens with one attached hydrogen (secondary N) is 1. The zero-order valence-electron chi connectivity index (χ0n) is 17.2. The molecule has 1 fully saturated rings. The molecular formula is C25H21N3O3S. The lowest BCUT2D eigenvalue weighted by Gasteiger charge is -2.14. The van der Waals surface area contributed by atoms with Gasteiger partial charge in [0.2, 0.25) is 5.91 Å². The average molecular weight is 444 g/mol. The predicted molar refractivity (Wildman–Crippen MR) is 126 cm³/mol. The summed E-state index contributed by atoms with van der Waals surface area (Å²) in [6.07, 6.45) is 2.07. The summed E-state index contributed by atoms with van der Waals surface area (Å²) in [7, 11) is 0. The molecule has 1 heterocycles. The van der Waals surface area contributed by atoms with E-state index in [-0.39, 0.29) is 17.2 Å². The Morgan fingerprint density at radius 3 is 2.41 bits per heavy atom. The first-order valence-electron chi connectivity index (χ1n) is 10.4. The molecule has 5 rings (SSSR count). The maximum absolute atomic E-state index is 13.3. The molecule has 4 aromatic rings. The van der Waals surface area contributed by atoms with Crippen LogP contribution in [0, 0.1) is 0 Å². The van der Waals surface area contributed by atoms with Gasteiger partial charge in [0.15, 0.2) is 5.16 Å². The van der Waals surface area contributed by atoms with Crippen LogP contribution in [0.5, 0.6) is 11.5 Å². The van der Waals surface area contributed by atoms with Crippen LogP contribution >= 0.6 is 11.8 Å². The Kier molecular flexibility index (Phi) is 5.64. The van der Waals surface area contributed by atoms with Crippen LogP contribution in [0.3, 0.4) is 0 Å². The third kappa shape index (κ3) is 4.53. The second-order valence-corrected chi connectivity index (χ2v) is 8.53. The summed E-state index contributed by atoms with van der Waals surface area (Å²) in [4.78, 5) is 30.2. The molecule has 6 nitrogen and oxygen atoms in total. The number of nitrogens with zero attached hydrogens (tertiary/aromatic N) is 2. The predicted octanol–water partition coefficient (Wildman–Crippen LogP) is 4.55. The number of aromatic nitrogens is 2. The van der Waals surface area contributed by atoms with E-state index >= 15 is 0 Å². The van der Waals surface area contributed by atoms with Gasteiger partial charge in [-0.2, -0.15) is 0 Å². The SMILES string of the molecule is O=C(CSc1nc2ccccc2c(=O)n1-c1ccc(Oc2ccccc2)cc1)NC1CC1. The minimum absolute atomic E-state index is 0.0435. The molecule has 0 radical (unpaired) electrons. The number of rotatable bonds is 7. The summed E-state index contributed by atoms with van der Waals surface area (Å²) in [5.74, 6) is 1.57. The number of hydrogen-bond acceptors (Lipinski definition) is 5. The minimum Gasteiger partial charge on any atom is -0.457 e.